The van der Waals surface area contributed by atoms with Crippen LogP contribution in [0.15, 0.2) is 35.5 Å². The molecule has 2 rings (SSSR count). The first-order valence-corrected chi connectivity index (χ1v) is 9.97. The van der Waals surface area contributed by atoms with Gasteiger partial charge in [-0.05, 0) is 38.5 Å². The van der Waals surface area contributed by atoms with Crippen molar-refractivity contribution in [2.24, 2.45) is 0 Å². The van der Waals surface area contributed by atoms with E-state index in [1.54, 1.807) is 38.3 Å². The summed E-state index contributed by atoms with van der Waals surface area (Å²) in [7, 11) is 3.39. The lowest BCUT2D eigenvalue weighted by Gasteiger charge is -2.30. The number of carbonyl (C=O) groups is 3. The van der Waals surface area contributed by atoms with Crippen LogP contribution >= 0.6 is 0 Å². The number of quaternary nitrogens is 1. The quantitative estimate of drug-likeness (QED) is 0.418. The van der Waals surface area contributed by atoms with Gasteiger partial charge in [0.15, 0.2) is 6.54 Å². The summed E-state index contributed by atoms with van der Waals surface area (Å²) in [5.41, 5.74) is 1.49. The molecule has 0 aliphatic carbocycles. The average Bonchev–Trinajstić information content (AvgIpc) is 2.66. The number of amides is 3. The predicted octanol–water partition coefficient (Wildman–Crippen LogP) is -0.0944. The molecule has 0 bridgehead atoms. The van der Waals surface area contributed by atoms with Crippen molar-refractivity contribution < 1.29 is 28.8 Å². The summed E-state index contributed by atoms with van der Waals surface area (Å²) in [6.07, 6.45) is 0. The van der Waals surface area contributed by atoms with Gasteiger partial charge in [0.05, 0.1) is 38.1 Å². The molecular weight excluding hydrogens is 388 g/mol. The molecule has 0 radical (unpaired) electrons. The van der Waals surface area contributed by atoms with Crippen molar-refractivity contribution >= 4 is 17.9 Å². The molecule has 9 heteroatoms. The normalized spacial score (nSPS) is 17.1. The summed E-state index contributed by atoms with van der Waals surface area (Å²) in [5, 5.41) is 8.36. The molecule has 1 heterocycles. The van der Waals surface area contributed by atoms with Crippen LogP contribution in [0.1, 0.15) is 32.4 Å². The molecule has 1 unspecified atom stereocenters. The maximum absolute atomic E-state index is 12.8. The molecule has 3 amide bonds. The maximum Gasteiger partial charge on any atom is 0.338 e. The number of ether oxygens (including phenoxy) is 2. The van der Waals surface area contributed by atoms with Gasteiger partial charge in [0.1, 0.15) is 12.3 Å². The summed E-state index contributed by atoms with van der Waals surface area (Å²) in [6, 6.07) is 6.06. The summed E-state index contributed by atoms with van der Waals surface area (Å²) in [5.74, 6) is 0.0502. The Morgan fingerprint density at radius 2 is 1.90 bits per heavy atom. The highest BCUT2D eigenvalue weighted by molar-refractivity contribution is 5.95. The Hall–Kier alpha value is -3.07. The van der Waals surface area contributed by atoms with Gasteiger partial charge >= 0.3 is 12.0 Å². The predicted molar refractivity (Wildman–Crippen MR) is 111 cm³/mol. The van der Waals surface area contributed by atoms with Gasteiger partial charge in [0, 0.05) is 6.04 Å². The second kappa shape index (κ2) is 10.6. The van der Waals surface area contributed by atoms with E-state index in [4.69, 9.17) is 9.47 Å². The second-order valence-corrected chi connectivity index (χ2v) is 7.45. The molecular formula is C21H31N4O5+. The summed E-state index contributed by atoms with van der Waals surface area (Å²) >= 11 is 0. The van der Waals surface area contributed by atoms with Crippen LogP contribution in [0, 0.1) is 0 Å². The number of urea groups is 1. The van der Waals surface area contributed by atoms with E-state index in [9.17, 15) is 14.4 Å². The number of carbonyl (C=O) groups excluding carboxylic acids is 3. The number of esters is 1. The summed E-state index contributed by atoms with van der Waals surface area (Å²) < 4.78 is 10.4. The second-order valence-electron chi connectivity index (χ2n) is 7.45. The Kier molecular flexibility index (Phi) is 8.23. The zero-order valence-corrected chi connectivity index (χ0v) is 18.1. The molecule has 1 aliphatic rings. The van der Waals surface area contributed by atoms with E-state index in [-0.39, 0.29) is 31.6 Å². The molecule has 164 valence electrons. The minimum Gasteiger partial charge on any atom is -0.497 e. The van der Waals surface area contributed by atoms with Gasteiger partial charge in [-0.1, -0.05) is 12.1 Å². The SMILES string of the molecule is CCOC(=O)C1=C(C[NH+](C)CC(=O)NC(C)C)NC(=O)N[C@H]1c1ccc(OC)cc1. The molecule has 0 aromatic heterocycles. The van der Waals surface area contributed by atoms with Gasteiger partial charge < -0.3 is 30.3 Å². The first-order valence-electron chi connectivity index (χ1n) is 9.97. The van der Waals surface area contributed by atoms with Crippen LogP contribution in [0.2, 0.25) is 0 Å². The molecule has 0 saturated carbocycles. The van der Waals surface area contributed by atoms with Gasteiger partial charge in [0.2, 0.25) is 0 Å². The molecule has 4 N–H and O–H groups in total. The molecule has 2 atom stereocenters. The van der Waals surface area contributed by atoms with E-state index in [2.05, 4.69) is 16.0 Å². The number of benzene rings is 1. The van der Waals surface area contributed by atoms with Crippen molar-refractivity contribution in [3.05, 3.63) is 41.1 Å². The van der Waals surface area contributed by atoms with E-state index >= 15 is 0 Å². The average molecular weight is 420 g/mol. The van der Waals surface area contributed by atoms with Crippen LogP contribution in [-0.2, 0) is 14.3 Å². The Morgan fingerprint density at radius 1 is 1.23 bits per heavy atom. The lowest BCUT2D eigenvalue weighted by Crippen LogP contribution is -3.10. The van der Waals surface area contributed by atoms with E-state index in [0.717, 1.165) is 10.5 Å². The van der Waals surface area contributed by atoms with Crippen molar-refractivity contribution in [2.75, 3.05) is 33.9 Å². The molecule has 0 fully saturated rings. The van der Waals surface area contributed by atoms with Crippen LogP contribution in [0.25, 0.3) is 0 Å². The smallest absolute Gasteiger partial charge is 0.338 e. The Labute approximate surface area is 176 Å². The third-order valence-corrected chi connectivity index (χ3v) is 4.49. The number of hydrogen-bond acceptors (Lipinski definition) is 5. The first-order chi connectivity index (χ1) is 14.2. The molecule has 0 saturated heterocycles. The Bertz CT molecular complexity index is 804. The molecule has 9 nitrogen and oxygen atoms in total. The zero-order chi connectivity index (χ0) is 22.3. The van der Waals surface area contributed by atoms with Gasteiger partial charge in [-0.2, -0.15) is 0 Å². The number of rotatable bonds is 9. The van der Waals surface area contributed by atoms with Crippen molar-refractivity contribution in [1.29, 1.82) is 0 Å². The summed E-state index contributed by atoms with van der Waals surface area (Å²) in [4.78, 5) is 38.0. The fourth-order valence-electron chi connectivity index (χ4n) is 3.27. The number of likely N-dealkylation sites (N-methyl/N-ethyl adjacent to an activating group) is 1. The van der Waals surface area contributed by atoms with E-state index in [1.807, 2.05) is 20.9 Å². The standard InChI is InChI=1S/C21H30N4O5/c1-6-30-20(27)18-16(11-25(4)12-17(26)22-13(2)3)23-21(28)24-19(18)14-7-9-15(29-5)10-8-14/h7-10,13,19H,6,11-12H2,1-5H3,(H,22,26)(H2,23,24,28)/p+1/t19-/m0/s1. The minimum atomic E-state index is -0.670. The minimum absolute atomic E-state index is 0.0395. The van der Waals surface area contributed by atoms with Crippen molar-refractivity contribution in [2.45, 2.75) is 32.9 Å². The van der Waals surface area contributed by atoms with Gasteiger partial charge in [0.25, 0.3) is 5.91 Å². The highest BCUT2D eigenvalue weighted by Crippen LogP contribution is 2.28. The van der Waals surface area contributed by atoms with Crippen molar-refractivity contribution in [3.8, 4) is 5.75 Å². The molecule has 1 aromatic carbocycles. The fraction of sp³-hybridized carbons (Fsp3) is 0.476. The van der Waals surface area contributed by atoms with Crippen LogP contribution in [-0.4, -0.2) is 57.8 Å². The van der Waals surface area contributed by atoms with Gasteiger partial charge in [-0.3, -0.25) is 4.79 Å². The van der Waals surface area contributed by atoms with Gasteiger partial charge in [-0.15, -0.1) is 0 Å². The largest absolute Gasteiger partial charge is 0.497 e. The fourth-order valence-corrected chi connectivity index (χ4v) is 3.27. The topological polar surface area (TPSA) is 110 Å². The third kappa shape index (κ3) is 6.21. The van der Waals surface area contributed by atoms with Crippen LogP contribution in [0.4, 0.5) is 4.79 Å². The van der Waals surface area contributed by atoms with Crippen LogP contribution in [0.5, 0.6) is 5.75 Å². The Balaban J connectivity index is 2.35. The highest BCUT2D eigenvalue weighted by atomic mass is 16.5. The van der Waals surface area contributed by atoms with Crippen LogP contribution < -0.4 is 25.6 Å². The molecule has 30 heavy (non-hydrogen) atoms. The molecule has 0 spiro atoms. The zero-order valence-electron chi connectivity index (χ0n) is 18.1. The maximum atomic E-state index is 12.8. The van der Waals surface area contributed by atoms with E-state index in [1.165, 1.54) is 0 Å². The van der Waals surface area contributed by atoms with Crippen molar-refractivity contribution in [1.82, 2.24) is 16.0 Å². The summed E-state index contributed by atoms with van der Waals surface area (Å²) in [6.45, 7) is 6.19. The molecule has 1 aromatic rings. The van der Waals surface area contributed by atoms with E-state index < -0.39 is 18.0 Å². The Morgan fingerprint density at radius 3 is 2.47 bits per heavy atom. The van der Waals surface area contributed by atoms with Crippen LogP contribution in [0.3, 0.4) is 0 Å². The third-order valence-electron chi connectivity index (χ3n) is 4.49. The first kappa shape index (κ1) is 23.2. The van der Waals surface area contributed by atoms with Crippen molar-refractivity contribution in [3.63, 3.8) is 0 Å². The highest BCUT2D eigenvalue weighted by Gasteiger charge is 2.35. The van der Waals surface area contributed by atoms with Gasteiger partial charge in [-0.25, -0.2) is 9.59 Å². The van der Waals surface area contributed by atoms with E-state index in [0.29, 0.717) is 17.0 Å². The number of hydrogen-bond donors (Lipinski definition) is 4. The molecule has 1 aliphatic heterocycles. The monoisotopic (exact) mass is 419 g/mol. The lowest BCUT2D eigenvalue weighted by atomic mass is 9.95. The lowest BCUT2D eigenvalue weighted by molar-refractivity contribution is -0.866. The number of methoxy groups -OCH3 is 1. The number of nitrogens with one attached hydrogen (secondary N) is 4.